The maximum Gasteiger partial charge on any atom is 0.0271 e. The van der Waals surface area contributed by atoms with Crippen molar-refractivity contribution in [3.8, 4) is 0 Å². The first-order chi connectivity index (χ1) is 8.63. The lowest BCUT2D eigenvalue weighted by atomic mass is 10.1. The molecule has 18 heavy (non-hydrogen) atoms. The molecule has 0 fully saturated rings. The van der Waals surface area contributed by atoms with Crippen LogP contribution in [0.15, 0.2) is 24.5 Å². The highest BCUT2D eigenvalue weighted by atomic mass is 15.1. The van der Waals surface area contributed by atoms with Crippen molar-refractivity contribution >= 4 is 0 Å². The van der Waals surface area contributed by atoms with E-state index in [0.717, 1.165) is 13.1 Å². The average molecular weight is 249 g/mol. The van der Waals surface area contributed by atoms with E-state index >= 15 is 0 Å². The molecule has 1 aromatic rings. The van der Waals surface area contributed by atoms with Gasteiger partial charge in [-0.2, -0.15) is 0 Å². The lowest BCUT2D eigenvalue weighted by Gasteiger charge is -2.26. The Morgan fingerprint density at radius 1 is 1.28 bits per heavy atom. The SMILES string of the molecule is CCCC(C)NCC(C)N(C)Cc1ccncc1. The second-order valence-corrected chi connectivity index (χ2v) is 5.22. The zero-order valence-corrected chi connectivity index (χ0v) is 12.2. The molecule has 0 saturated carbocycles. The molecule has 0 saturated heterocycles. The maximum atomic E-state index is 4.05. The standard InChI is InChI=1S/C15H27N3/c1-5-6-13(2)17-11-14(3)18(4)12-15-7-9-16-10-8-15/h7-10,13-14,17H,5-6,11-12H2,1-4H3. The largest absolute Gasteiger partial charge is 0.313 e. The summed E-state index contributed by atoms with van der Waals surface area (Å²) in [5.74, 6) is 0. The van der Waals surface area contributed by atoms with Crippen molar-refractivity contribution in [3.05, 3.63) is 30.1 Å². The van der Waals surface area contributed by atoms with Gasteiger partial charge < -0.3 is 5.32 Å². The molecule has 0 aliphatic heterocycles. The summed E-state index contributed by atoms with van der Waals surface area (Å²) in [6, 6.07) is 5.32. The van der Waals surface area contributed by atoms with E-state index in [4.69, 9.17) is 0 Å². The van der Waals surface area contributed by atoms with Crippen molar-refractivity contribution in [2.24, 2.45) is 0 Å². The number of rotatable bonds is 8. The molecule has 3 nitrogen and oxygen atoms in total. The van der Waals surface area contributed by atoms with E-state index < -0.39 is 0 Å². The summed E-state index contributed by atoms with van der Waals surface area (Å²) in [5, 5.41) is 3.60. The summed E-state index contributed by atoms with van der Waals surface area (Å²) in [7, 11) is 2.18. The van der Waals surface area contributed by atoms with Crippen LogP contribution in [0.1, 0.15) is 39.2 Å². The summed E-state index contributed by atoms with van der Waals surface area (Å²) in [5.41, 5.74) is 1.32. The summed E-state index contributed by atoms with van der Waals surface area (Å²) < 4.78 is 0. The highest BCUT2D eigenvalue weighted by molar-refractivity contribution is 5.09. The van der Waals surface area contributed by atoms with E-state index in [9.17, 15) is 0 Å². The van der Waals surface area contributed by atoms with Crippen LogP contribution >= 0.6 is 0 Å². The van der Waals surface area contributed by atoms with Crippen LogP contribution in [-0.2, 0) is 6.54 Å². The van der Waals surface area contributed by atoms with Crippen molar-refractivity contribution in [1.82, 2.24) is 15.2 Å². The quantitative estimate of drug-likeness (QED) is 0.768. The number of nitrogens with zero attached hydrogens (tertiary/aromatic N) is 2. The van der Waals surface area contributed by atoms with E-state index in [1.165, 1.54) is 18.4 Å². The molecule has 0 radical (unpaired) electrons. The Morgan fingerprint density at radius 2 is 1.94 bits per heavy atom. The maximum absolute atomic E-state index is 4.05. The molecule has 0 aromatic carbocycles. The van der Waals surface area contributed by atoms with Gasteiger partial charge >= 0.3 is 0 Å². The monoisotopic (exact) mass is 249 g/mol. The normalized spacial score (nSPS) is 14.7. The molecular formula is C15H27N3. The molecule has 0 aliphatic rings. The number of likely N-dealkylation sites (N-methyl/N-ethyl adjacent to an activating group) is 1. The average Bonchev–Trinajstić information content (AvgIpc) is 2.37. The van der Waals surface area contributed by atoms with Crippen molar-refractivity contribution in [2.75, 3.05) is 13.6 Å². The van der Waals surface area contributed by atoms with Gasteiger partial charge in [0.25, 0.3) is 0 Å². The van der Waals surface area contributed by atoms with Gasteiger partial charge in [0.05, 0.1) is 0 Å². The lowest BCUT2D eigenvalue weighted by molar-refractivity contribution is 0.237. The van der Waals surface area contributed by atoms with Gasteiger partial charge in [-0.25, -0.2) is 0 Å². The van der Waals surface area contributed by atoms with Crippen molar-refractivity contribution < 1.29 is 0 Å². The van der Waals surface area contributed by atoms with Gasteiger partial charge in [0.1, 0.15) is 0 Å². The summed E-state index contributed by atoms with van der Waals surface area (Å²) in [6.07, 6.45) is 6.21. The first-order valence-corrected chi connectivity index (χ1v) is 6.96. The van der Waals surface area contributed by atoms with E-state index in [2.05, 4.69) is 55.2 Å². The minimum atomic E-state index is 0.539. The first-order valence-electron chi connectivity index (χ1n) is 6.96. The molecule has 2 unspecified atom stereocenters. The third kappa shape index (κ3) is 5.61. The minimum Gasteiger partial charge on any atom is -0.313 e. The van der Waals surface area contributed by atoms with Crippen molar-refractivity contribution in [1.29, 1.82) is 0 Å². The Hall–Kier alpha value is -0.930. The Morgan fingerprint density at radius 3 is 2.56 bits per heavy atom. The van der Waals surface area contributed by atoms with Crippen LogP contribution in [0.4, 0.5) is 0 Å². The predicted molar refractivity (Wildman–Crippen MR) is 77.5 cm³/mol. The first kappa shape index (κ1) is 15.1. The van der Waals surface area contributed by atoms with Gasteiger partial charge in [0, 0.05) is 37.6 Å². The van der Waals surface area contributed by atoms with E-state index in [0.29, 0.717) is 12.1 Å². The molecule has 1 heterocycles. The third-order valence-electron chi connectivity index (χ3n) is 3.42. The molecule has 102 valence electrons. The molecular weight excluding hydrogens is 222 g/mol. The molecule has 0 amide bonds. The Bertz CT molecular complexity index is 313. The molecule has 0 spiro atoms. The zero-order chi connectivity index (χ0) is 13.4. The van der Waals surface area contributed by atoms with E-state index in [-0.39, 0.29) is 0 Å². The number of aromatic nitrogens is 1. The molecule has 3 heteroatoms. The van der Waals surface area contributed by atoms with Crippen LogP contribution in [0.5, 0.6) is 0 Å². The smallest absolute Gasteiger partial charge is 0.0271 e. The van der Waals surface area contributed by atoms with Gasteiger partial charge in [-0.15, -0.1) is 0 Å². The zero-order valence-electron chi connectivity index (χ0n) is 12.2. The highest BCUT2D eigenvalue weighted by Crippen LogP contribution is 2.05. The summed E-state index contributed by atoms with van der Waals surface area (Å²) in [4.78, 5) is 6.42. The summed E-state index contributed by atoms with van der Waals surface area (Å²) in [6.45, 7) is 8.79. The molecule has 1 rings (SSSR count). The van der Waals surface area contributed by atoms with Crippen LogP contribution in [0.25, 0.3) is 0 Å². The fourth-order valence-corrected chi connectivity index (χ4v) is 1.99. The number of hydrogen-bond donors (Lipinski definition) is 1. The third-order valence-corrected chi connectivity index (χ3v) is 3.42. The van der Waals surface area contributed by atoms with E-state index in [1.807, 2.05) is 12.4 Å². The van der Waals surface area contributed by atoms with Crippen molar-refractivity contribution in [2.45, 2.75) is 52.2 Å². The minimum absolute atomic E-state index is 0.539. The molecule has 2 atom stereocenters. The summed E-state index contributed by atoms with van der Waals surface area (Å²) >= 11 is 0. The van der Waals surface area contributed by atoms with Crippen LogP contribution in [0.2, 0.25) is 0 Å². The van der Waals surface area contributed by atoms with Crippen molar-refractivity contribution in [3.63, 3.8) is 0 Å². The highest BCUT2D eigenvalue weighted by Gasteiger charge is 2.10. The number of pyridine rings is 1. The lowest BCUT2D eigenvalue weighted by Crippen LogP contribution is -2.40. The molecule has 1 N–H and O–H groups in total. The predicted octanol–water partition coefficient (Wildman–Crippen LogP) is 2.68. The topological polar surface area (TPSA) is 28.2 Å². The Labute approximate surface area is 112 Å². The van der Waals surface area contributed by atoms with Gasteiger partial charge in [0.15, 0.2) is 0 Å². The Balaban J connectivity index is 2.30. The van der Waals surface area contributed by atoms with Crippen LogP contribution < -0.4 is 5.32 Å². The van der Waals surface area contributed by atoms with Crippen LogP contribution in [0, 0.1) is 0 Å². The van der Waals surface area contributed by atoms with Gasteiger partial charge in [-0.05, 0) is 45.0 Å². The van der Waals surface area contributed by atoms with Gasteiger partial charge in [-0.1, -0.05) is 13.3 Å². The second kappa shape index (κ2) is 8.22. The molecule has 0 aliphatic carbocycles. The van der Waals surface area contributed by atoms with Crippen LogP contribution in [0.3, 0.4) is 0 Å². The number of nitrogens with one attached hydrogen (secondary N) is 1. The molecule has 1 aromatic heterocycles. The fourth-order valence-electron chi connectivity index (χ4n) is 1.99. The fraction of sp³-hybridized carbons (Fsp3) is 0.667. The van der Waals surface area contributed by atoms with Gasteiger partial charge in [0.2, 0.25) is 0 Å². The van der Waals surface area contributed by atoms with E-state index in [1.54, 1.807) is 0 Å². The Kier molecular flexibility index (Phi) is 6.91. The second-order valence-electron chi connectivity index (χ2n) is 5.22. The molecule has 0 bridgehead atoms. The number of hydrogen-bond acceptors (Lipinski definition) is 3. The van der Waals surface area contributed by atoms with Gasteiger partial charge in [-0.3, -0.25) is 9.88 Å². The van der Waals surface area contributed by atoms with Crippen LogP contribution in [-0.4, -0.2) is 35.6 Å².